The van der Waals surface area contributed by atoms with Crippen LogP contribution >= 0.6 is 11.6 Å². The number of nitrogens with zero attached hydrogens (tertiary/aromatic N) is 4. The predicted molar refractivity (Wildman–Crippen MR) is 130 cm³/mol. The Bertz CT molecular complexity index is 1210. The van der Waals surface area contributed by atoms with Gasteiger partial charge in [0.2, 0.25) is 5.91 Å². The molecule has 2 aromatic carbocycles. The largest absolute Gasteiger partial charge is 0.355 e. The summed E-state index contributed by atoms with van der Waals surface area (Å²) < 4.78 is 16.3. The van der Waals surface area contributed by atoms with E-state index in [2.05, 4.69) is 15.3 Å². The smallest absolute Gasteiger partial charge is 0.354 e. The fourth-order valence-corrected chi connectivity index (χ4v) is 4.36. The van der Waals surface area contributed by atoms with E-state index < -0.39 is 11.5 Å². The van der Waals surface area contributed by atoms with Gasteiger partial charge in [-0.25, -0.2) is 13.8 Å². The van der Waals surface area contributed by atoms with Crippen molar-refractivity contribution in [3.8, 4) is 11.4 Å². The van der Waals surface area contributed by atoms with Crippen molar-refractivity contribution in [3.05, 3.63) is 75.2 Å². The molecule has 9 heteroatoms. The minimum Gasteiger partial charge on any atom is -0.354 e. The van der Waals surface area contributed by atoms with E-state index in [1.165, 1.54) is 45.9 Å². The van der Waals surface area contributed by atoms with Crippen molar-refractivity contribution >= 4 is 17.5 Å². The van der Waals surface area contributed by atoms with Crippen LogP contribution in [0.3, 0.4) is 0 Å². The Morgan fingerprint density at radius 1 is 1.12 bits per heavy atom. The summed E-state index contributed by atoms with van der Waals surface area (Å²) in [6.07, 6.45) is 3.37. The number of hydrogen-bond acceptors (Lipinski definition) is 4. The van der Waals surface area contributed by atoms with Crippen molar-refractivity contribution < 1.29 is 9.18 Å². The van der Waals surface area contributed by atoms with Crippen LogP contribution in [0.1, 0.15) is 38.1 Å². The predicted octanol–water partition coefficient (Wildman–Crippen LogP) is 3.52. The second-order valence-corrected chi connectivity index (χ2v) is 9.32. The minimum absolute atomic E-state index is 0.0527. The summed E-state index contributed by atoms with van der Waals surface area (Å²) in [5, 5.41) is 7.15. The Morgan fingerprint density at radius 2 is 1.79 bits per heavy atom. The zero-order valence-electron chi connectivity index (χ0n) is 19.4. The molecular formula is C25H29ClFN5O2. The van der Waals surface area contributed by atoms with Crippen LogP contribution in [0.4, 0.5) is 4.39 Å². The summed E-state index contributed by atoms with van der Waals surface area (Å²) >= 11 is 5.96. The third kappa shape index (κ3) is 5.56. The highest BCUT2D eigenvalue weighted by Crippen LogP contribution is 2.20. The van der Waals surface area contributed by atoms with Gasteiger partial charge in [0.25, 0.3) is 0 Å². The lowest BCUT2D eigenvalue weighted by molar-refractivity contribution is -0.121. The molecule has 4 rings (SSSR count). The Labute approximate surface area is 203 Å². The molecule has 1 aliphatic rings. The molecule has 180 valence electrons. The molecule has 0 bridgehead atoms. The molecule has 1 fully saturated rings. The number of benzene rings is 2. The molecule has 1 aliphatic heterocycles. The summed E-state index contributed by atoms with van der Waals surface area (Å²) in [7, 11) is 0. The number of carbonyl (C=O) groups is 1. The molecule has 1 N–H and O–H groups in total. The maximum Gasteiger partial charge on any atom is 0.355 e. The van der Waals surface area contributed by atoms with Gasteiger partial charge in [-0.05, 0) is 82.1 Å². The van der Waals surface area contributed by atoms with E-state index in [-0.39, 0.29) is 29.2 Å². The molecular weight excluding hydrogens is 457 g/mol. The quantitative estimate of drug-likeness (QED) is 0.530. The van der Waals surface area contributed by atoms with E-state index in [1.54, 1.807) is 0 Å². The van der Waals surface area contributed by atoms with E-state index in [1.807, 2.05) is 38.1 Å². The number of halogens is 2. The van der Waals surface area contributed by atoms with Crippen LogP contribution < -0.4 is 11.0 Å². The molecule has 1 aromatic heterocycles. The molecule has 1 saturated heterocycles. The lowest BCUT2D eigenvalue weighted by Crippen LogP contribution is -2.32. The summed E-state index contributed by atoms with van der Waals surface area (Å²) in [4.78, 5) is 28.3. The first-order valence-electron chi connectivity index (χ1n) is 11.6. The third-order valence-corrected chi connectivity index (χ3v) is 6.16. The molecule has 0 radical (unpaired) electrons. The van der Waals surface area contributed by atoms with E-state index in [4.69, 9.17) is 11.6 Å². The van der Waals surface area contributed by atoms with Crippen LogP contribution in [0.5, 0.6) is 0 Å². The van der Waals surface area contributed by atoms with Gasteiger partial charge in [0.05, 0.1) is 22.8 Å². The highest BCUT2D eigenvalue weighted by atomic mass is 35.5. The Hall–Kier alpha value is -2.97. The van der Waals surface area contributed by atoms with Gasteiger partial charge in [0, 0.05) is 12.6 Å². The van der Waals surface area contributed by atoms with Crippen molar-refractivity contribution in [2.24, 2.45) is 0 Å². The maximum absolute atomic E-state index is 13.7. The van der Waals surface area contributed by atoms with Crippen LogP contribution in [0.25, 0.3) is 11.4 Å². The molecule has 2 heterocycles. The van der Waals surface area contributed by atoms with Gasteiger partial charge < -0.3 is 10.2 Å². The highest BCUT2D eigenvalue weighted by molar-refractivity contribution is 6.30. The second kappa shape index (κ2) is 10.5. The molecule has 0 spiro atoms. The normalized spacial score (nSPS) is 14.1. The molecule has 34 heavy (non-hydrogen) atoms. The minimum atomic E-state index is -0.588. The number of likely N-dealkylation sites (tertiary alicyclic amines) is 1. The number of rotatable bonds is 8. The van der Waals surface area contributed by atoms with Crippen LogP contribution in [0, 0.1) is 5.82 Å². The Kier molecular flexibility index (Phi) is 7.48. The average Bonchev–Trinajstić information content (AvgIpc) is 3.42. The van der Waals surface area contributed by atoms with Crippen LogP contribution in [0.15, 0.2) is 47.3 Å². The number of aromatic nitrogens is 3. The molecule has 1 amide bonds. The van der Waals surface area contributed by atoms with E-state index in [9.17, 15) is 14.0 Å². The fraction of sp³-hybridized carbons (Fsp3) is 0.400. The zero-order valence-corrected chi connectivity index (χ0v) is 20.2. The monoisotopic (exact) mass is 485 g/mol. The SMILES string of the molecule is CC(C)NC(=O)Cc1nn(-c2ccc(CCN3CCCC3)cc2)c(=O)n1-c1ccc(F)c(Cl)c1. The maximum atomic E-state index is 13.7. The average molecular weight is 486 g/mol. The van der Waals surface area contributed by atoms with Crippen molar-refractivity contribution in [3.63, 3.8) is 0 Å². The van der Waals surface area contributed by atoms with Crippen molar-refractivity contribution in [2.45, 2.75) is 45.6 Å². The van der Waals surface area contributed by atoms with Gasteiger partial charge in [0.15, 0.2) is 0 Å². The first-order valence-corrected chi connectivity index (χ1v) is 12.0. The van der Waals surface area contributed by atoms with Gasteiger partial charge in [-0.3, -0.25) is 4.79 Å². The molecule has 0 atom stereocenters. The molecule has 0 saturated carbocycles. The first kappa shape index (κ1) is 24.2. The van der Waals surface area contributed by atoms with Crippen molar-refractivity contribution in [1.29, 1.82) is 0 Å². The number of carbonyl (C=O) groups excluding carboxylic acids is 1. The van der Waals surface area contributed by atoms with E-state index in [0.717, 1.165) is 26.1 Å². The lowest BCUT2D eigenvalue weighted by atomic mass is 10.1. The summed E-state index contributed by atoms with van der Waals surface area (Å²) in [5.41, 5.74) is 1.66. The highest BCUT2D eigenvalue weighted by Gasteiger charge is 2.20. The van der Waals surface area contributed by atoms with Gasteiger partial charge in [-0.1, -0.05) is 23.7 Å². The Morgan fingerprint density at radius 3 is 2.44 bits per heavy atom. The molecule has 0 unspecified atom stereocenters. The topological polar surface area (TPSA) is 72.2 Å². The summed E-state index contributed by atoms with van der Waals surface area (Å²) in [6, 6.07) is 11.6. The molecule has 7 nitrogen and oxygen atoms in total. The van der Waals surface area contributed by atoms with Crippen LogP contribution in [0.2, 0.25) is 5.02 Å². The summed E-state index contributed by atoms with van der Waals surface area (Å²) in [5.74, 6) is -0.614. The van der Waals surface area contributed by atoms with Crippen molar-refractivity contribution in [2.75, 3.05) is 19.6 Å². The third-order valence-electron chi connectivity index (χ3n) is 5.87. The van der Waals surface area contributed by atoms with Crippen molar-refractivity contribution in [1.82, 2.24) is 24.6 Å². The number of amides is 1. The zero-order chi connectivity index (χ0) is 24.2. The van der Waals surface area contributed by atoms with Gasteiger partial charge in [-0.2, -0.15) is 4.68 Å². The second-order valence-electron chi connectivity index (χ2n) is 8.91. The molecule has 3 aromatic rings. The van der Waals surface area contributed by atoms with Gasteiger partial charge in [-0.15, -0.1) is 5.10 Å². The van der Waals surface area contributed by atoms with E-state index in [0.29, 0.717) is 11.4 Å². The van der Waals surface area contributed by atoms with Gasteiger partial charge >= 0.3 is 5.69 Å². The van der Waals surface area contributed by atoms with Gasteiger partial charge in [0.1, 0.15) is 11.6 Å². The molecule has 0 aliphatic carbocycles. The Balaban J connectivity index is 1.65. The van der Waals surface area contributed by atoms with Crippen LogP contribution in [-0.2, 0) is 17.6 Å². The standard InChI is InChI=1S/C25H29ClFN5O2/c1-17(2)28-24(33)16-23-29-32(25(34)31(23)20-9-10-22(27)21(26)15-20)19-7-5-18(6-8-19)11-14-30-12-3-4-13-30/h5-10,15,17H,3-4,11-14,16H2,1-2H3,(H,28,33). The number of nitrogens with one attached hydrogen (secondary N) is 1. The summed E-state index contributed by atoms with van der Waals surface area (Å²) in [6.45, 7) is 7.05. The van der Waals surface area contributed by atoms with Crippen LogP contribution in [-0.4, -0.2) is 50.8 Å². The lowest BCUT2D eigenvalue weighted by Gasteiger charge is -2.14. The van der Waals surface area contributed by atoms with E-state index >= 15 is 0 Å². The first-order chi connectivity index (χ1) is 16.3. The number of hydrogen-bond donors (Lipinski definition) is 1. The fourth-order valence-electron chi connectivity index (χ4n) is 4.19.